The minimum Gasteiger partial charge on any atom is -0.480 e. The van der Waals surface area contributed by atoms with Crippen LogP contribution in [0.15, 0.2) is 67.3 Å². The van der Waals surface area contributed by atoms with Gasteiger partial charge in [-0.25, -0.2) is 9.97 Å². The summed E-state index contributed by atoms with van der Waals surface area (Å²) in [5, 5.41) is 7.20. The van der Waals surface area contributed by atoms with Crippen LogP contribution < -0.4 is 25.2 Å². The molecule has 0 atom stereocenters. The van der Waals surface area contributed by atoms with Crippen LogP contribution in [-0.4, -0.2) is 114 Å². The predicted molar refractivity (Wildman–Crippen MR) is 285 cm³/mol. The average Bonchev–Trinajstić information content (AvgIpc) is 4.02. The number of hydrogen-bond acceptors (Lipinski definition) is 9. The van der Waals surface area contributed by atoms with E-state index < -0.39 is 0 Å². The molecule has 3 aromatic carbocycles. The molecule has 2 amide bonds. The number of benzene rings is 3. The van der Waals surface area contributed by atoms with Gasteiger partial charge in [-0.05, 0) is 148 Å². The SMILES string of the molecule is CC.CCN(c1cc(Cl)cc(C(=O)NCc2[nH]cnc2Cc2ccccc2)c1C)C1CCC(N(C)C)CC1.CCN(c1cc(Cl)cc(C(=O)NCc2[nH]cnc2OC)c1C)C1CCC(N(C)C)CC1. The molecule has 7 rings (SSSR count). The Balaban J connectivity index is 0.000000251. The van der Waals surface area contributed by atoms with E-state index in [1.807, 2.05) is 58.0 Å². The number of nitrogens with one attached hydrogen (secondary N) is 4. The molecule has 2 fully saturated rings. The van der Waals surface area contributed by atoms with Crippen molar-refractivity contribution < 1.29 is 14.3 Å². The Morgan fingerprint density at radius 3 is 1.51 bits per heavy atom. The second-order valence-electron chi connectivity index (χ2n) is 18.4. The van der Waals surface area contributed by atoms with Gasteiger partial charge < -0.3 is 44.9 Å². The first-order chi connectivity index (χ1) is 33.2. The molecule has 2 aliphatic carbocycles. The highest BCUT2D eigenvalue weighted by atomic mass is 35.5. The normalized spacial score (nSPS) is 17.8. The monoisotopic (exact) mass is 985 g/mol. The van der Waals surface area contributed by atoms with Crippen molar-refractivity contribution in [2.75, 3.05) is 58.2 Å². The molecular weight excluding hydrogens is 908 g/mol. The Morgan fingerprint density at radius 1 is 0.652 bits per heavy atom. The van der Waals surface area contributed by atoms with Gasteiger partial charge >= 0.3 is 0 Å². The lowest BCUT2D eigenvalue weighted by atomic mass is 9.89. The van der Waals surface area contributed by atoms with Gasteiger partial charge in [0.1, 0.15) is 0 Å². The van der Waals surface area contributed by atoms with E-state index in [0.29, 0.717) is 64.3 Å². The maximum Gasteiger partial charge on any atom is 0.252 e. The summed E-state index contributed by atoms with van der Waals surface area (Å²) in [4.78, 5) is 50.6. The summed E-state index contributed by atoms with van der Waals surface area (Å²) in [5.41, 5.74) is 9.04. The molecule has 0 bridgehead atoms. The van der Waals surface area contributed by atoms with Gasteiger partial charge in [-0.15, -0.1) is 0 Å². The predicted octanol–water partition coefficient (Wildman–Crippen LogP) is 10.6. The third kappa shape index (κ3) is 14.5. The van der Waals surface area contributed by atoms with Crippen molar-refractivity contribution in [3.05, 3.63) is 122 Å². The average molecular weight is 986 g/mol. The van der Waals surface area contributed by atoms with Crippen LogP contribution in [0.3, 0.4) is 0 Å². The van der Waals surface area contributed by atoms with Crippen molar-refractivity contribution in [1.29, 1.82) is 0 Å². The van der Waals surface area contributed by atoms with Gasteiger partial charge in [0.05, 0.1) is 49.9 Å². The zero-order valence-corrected chi connectivity index (χ0v) is 44.5. The van der Waals surface area contributed by atoms with E-state index >= 15 is 0 Å². The van der Waals surface area contributed by atoms with Gasteiger partial charge in [0.2, 0.25) is 5.88 Å². The first-order valence-electron chi connectivity index (χ1n) is 24.9. The van der Waals surface area contributed by atoms with Gasteiger partial charge in [-0.2, -0.15) is 0 Å². The first-order valence-corrected chi connectivity index (χ1v) is 25.6. The number of methoxy groups -OCH3 is 1. The topological polar surface area (TPSA) is 138 Å². The smallest absolute Gasteiger partial charge is 0.252 e. The zero-order chi connectivity index (χ0) is 50.2. The quantitative estimate of drug-likeness (QED) is 0.0718. The van der Waals surface area contributed by atoms with Crippen molar-refractivity contribution >= 4 is 46.4 Å². The van der Waals surface area contributed by atoms with Crippen molar-refractivity contribution in [2.45, 2.75) is 137 Å². The van der Waals surface area contributed by atoms with Crippen LogP contribution in [0.4, 0.5) is 11.4 Å². The number of amides is 2. The van der Waals surface area contributed by atoms with Gasteiger partial charge in [-0.3, -0.25) is 9.59 Å². The zero-order valence-electron chi connectivity index (χ0n) is 43.0. The standard InChI is InChI=1S/C29H38ClN5O.C23H34ClN5O2.C2H6/c1-5-35(24-13-11-23(12-14-24)34(3)4)28-17-22(30)16-25(20(28)2)29(36)31-18-27-26(32-19-33-27)15-21-9-7-6-8-10-21;1-6-29(18-9-7-17(8-10-18)28(3)4)21-12-16(24)11-19(15(21)2)22(30)25-13-20-23(31-5)27-14-26-20;1-2/h6-10,16-17,19,23-24H,5,11-15,18H2,1-4H3,(H,31,36)(H,32,33);11-12,14,17-18H,6-10,13H2,1-5H3,(H,25,30)(H,26,27);1-2H3. The molecule has 2 aliphatic rings. The highest BCUT2D eigenvalue weighted by Crippen LogP contribution is 2.36. The summed E-state index contributed by atoms with van der Waals surface area (Å²) in [7, 11) is 10.2. The highest BCUT2D eigenvalue weighted by molar-refractivity contribution is 6.31. The number of aromatic nitrogens is 4. The molecule has 376 valence electrons. The molecule has 0 spiro atoms. The molecule has 13 nitrogen and oxygen atoms in total. The van der Waals surface area contributed by atoms with Gasteiger partial charge in [0, 0.05) is 76.2 Å². The number of aromatic amines is 2. The van der Waals surface area contributed by atoms with Gasteiger partial charge in [0.25, 0.3) is 11.8 Å². The van der Waals surface area contributed by atoms with Crippen LogP contribution in [0, 0.1) is 13.8 Å². The number of hydrogen-bond donors (Lipinski definition) is 4. The maximum atomic E-state index is 13.3. The molecule has 0 unspecified atom stereocenters. The van der Waals surface area contributed by atoms with Crippen LogP contribution in [0.1, 0.15) is 134 Å². The second kappa shape index (κ2) is 26.8. The molecule has 69 heavy (non-hydrogen) atoms. The Kier molecular flexibility index (Phi) is 21.3. The summed E-state index contributed by atoms with van der Waals surface area (Å²) in [6.45, 7) is 14.8. The third-order valence-corrected chi connectivity index (χ3v) is 14.3. The highest BCUT2D eigenvalue weighted by Gasteiger charge is 2.30. The molecule has 0 saturated heterocycles. The van der Waals surface area contributed by atoms with Crippen molar-refractivity contribution in [2.24, 2.45) is 0 Å². The van der Waals surface area contributed by atoms with E-state index in [0.717, 1.165) is 84.8 Å². The summed E-state index contributed by atoms with van der Waals surface area (Å²) in [5.74, 6) is 0.198. The Hall–Kier alpha value is -5.08. The van der Waals surface area contributed by atoms with Crippen LogP contribution >= 0.6 is 23.2 Å². The van der Waals surface area contributed by atoms with E-state index in [2.05, 4.69) is 104 Å². The summed E-state index contributed by atoms with van der Waals surface area (Å²) < 4.78 is 5.20. The molecule has 2 saturated carbocycles. The molecule has 0 radical (unpaired) electrons. The molecule has 15 heteroatoms. The number of ether oxygens (including phenoxy) is 1. The molecule has 2 heterocycles. The number of rotatable bonds is 17. The minimum atomic E-state index is -0.162. The lowest BCUT2D eigenvalue weighted by molar-refractivity contribution is 0.0941. The number of H-pyrrole nitrogens is 2. The van der Waals surface area contributed by atoms with Crippen molar-refractivity contribution in [3.63, 3.8) is 0 Å². The fourth-order valence-corrected chi connectivity index (χ4v) is 10.4. The number of anilines is 2. The minimum absolute atomic E-state index is 0.121. The van der Waals surface area contributed by atoms with Crippen molar-refractivity contribution in [1.82, 2.24) is 40.4 Å². The Morgan fingerprint density at radius 2 is 1.07 bits per heavy atom. The number of imidazole rings is 2. The van der Waals surface area contributed by atoms with Gasteiger partial charge in [-0.1, -0.05) is 67.4 Å². The van der Waals surface area contributed by atoms with E-state index in [-0.39, 0.29) is 11.8 Å². The van der Waals surface area contributed by atoms with Crippen LogP contribution in [0.5, 0.6) is 5.88 Å². The number of carbonyl (C=O) groups excluding carboxylic acids is 2. The molecule has 5 aromatic rings. The van der Waals surface area contributed by atoms with Crippen LogP contribution in [-0.2, 0) is 19.5 Å². The van der Waals surface area contributed by atoms with Crippen LogP contribution in [0.2, 0.25) is 10.0 Å². The van der Waals surface area contributed by atoms with Gasteiger partial charge in [0.15, 0.2) is 0 Å². The molecule has 2 aromatic heterocycles. The lowest BCUT2D eigenvalue weighted by Gasteiger charge is -2.40. The van der Waals surface area contributed by atoms with Crippen LogP contribution in [0.25, 0.3) is 0 Å². The second-order valence-corrected chi connectivity index (χ2v) is 19.2. The number of nitrogens with zero attached hydrogens (tertiary/aromatic N) is 6. The van der Waals surface area contributed by atoms with E-state index in [4.69, 9.17) is 27.9 Å². The molecule has 4 N–H and O–H groups in total. The summed E-state index contributed by atoms with van der Waals surface area (Å²) >= 11 is 13.0. The summed E-state index contributed by atoms with van der Waals surface area (Å²) in [6.07, 6.45) is 13.3. The first kappa shape index (κ1) is 54.9. The number of halogens is 2. The summed E-state index contributed by atoms with van der Waals surface area (Å²) in [6, 6.07) is 20.0. The largest absolute Gasteiger partial charge is 0.480 e. The fraction of sp³-hybridized carbons (Fsp3) is 0.519. The Labute approximate surface area is 422 Å². The maximum absolute atomic E-state index is 13.3. The lowest BCUT2D eigenvalue weighted by Crippen LogP contribution is -2.42. The van der Waals surface area contributed by atoms with Crippen molar-refractivity contribution in [3.8, 4) is 5.88 Å². The van der Waals surface area contributed by atoms with E-state index in [9.17, 15) is 9.59 Å². The third-order valence-electron chi connectivity index (χ3n) is 13.9. The number of carbonyl (C=O) groups is 2. The molecule has 0 aliphatic heterocycles. The molecular formula is C54H78Cl2N10O3. The van der Waals surface area contributed by atoms with E-state index in [1.165, 1.54) is 31.2 Å². The van der Waals surface area contributed by atoms with E-state index in [1.54, 1.807) is 31.9 Å². The fourth-order valence-electron chi connectivity index (χ4n) is 10.0. The Bertz CT molecular complexity index is 2370.